The SMILES string of the molecule is NC(=O)Cn1ccnc1C1CCCN(C(=O)c2scc3c2OCCO3)C1. The minimum Gasteiger partial charge on any atom is -0.485 e. The number of likely N-dealkylation sites (tertiary alicyclic amines) is 1. The number of aromatic nitrogens is 2. The van der Waals surface area contributed by atoms with Gasteiger partial charge in [0, 0.05) is 36.8 Å². The molecule has 4 heterocycles. The standard InChI is InChI=1S/C17H20N4O4S/c18-13(22)9-20-5-3-19-16(20)11-2-1-4-21(8-11)17(23)15-14-12(10-26-15)24-6-7-25-14/h3,5,10-11H,1-2,4,6-9H2,(H2,18,22). The second kappa shape index (κ2) is 6.99. The number of nitrogens with zero attached hydrogens (tertiary/aromatic N) is 3. The first kappa shape index (κ1) is 16.9. The molecule has 1 saturated heterocycles. The molecule has 138 valence electrons. The average molecular weight is 376 g/mol. The van der Waals surface area contributed by atoms with E-state index in [1.165, 1.54) is 11.3 Å². The zero-order valence-corrected chi connectivity index (χ0v) is 15.0. The van der Waals surface area contributed by atoms with Crippen LogP contribution in [-0.2, 0) is 11.3 Å². The van der Waals surface area contributed by atoms with Crippen LogP contribution in [0, 0.1) is 0 Å². The molecular formula is C17H20N4O4S. The molecule has 1 unspecified atom stereocenters. The molecule has 0 radical (unpaired) electrons. The molecule has 2 aliphatic heterocycles. The number of piperidine rings is 1. The topological polar surface area (TPSA) is 99.7 Å². The van der Waals surface area contributed by atoms with Crippen molar-refractivity contribution in [1.29, 1.82) is 0 Å². The Kier molecular flexibility index (Phi) is 4.54. The minimum absolute atomic E-state index is 0.0422. The average Bonchev–Trinajstić information content (AvgIpc) is 3.27. The highest BCUT2D eigenvalue weighted by molar-refractivity contribution is 7.12. The molecule has 0 saturated carbocycles. The van der Waals surface area contributed by atoms with Crippen LogP contribution in [0.15, 0.2) is 17.8 Å². The Hall–Kier alpha value is -2.55. The van der Waals surface area contributed by atoms with Gasteiger partial charge in [-0.25, -0.2) is 4.98 Å². The van der Waals surface area contributed by atoms with Crippen molar-refractivity contribution in [3.8, 4) is 11.5 Å². The van der Waals surface area contributed by atoms with Gasteiger partial charge in [0.2, 0.25) is 5.91 Å². The number of primary amides is 1. The van der Waals surface area contributed by atoms with Crippen molar-refractivity contribution in [3.63, 3.8) is 0 Å². The molecule has 0 bridgehead atoms. The number of rotatable bonds is 4. The molecule has 0 aromatic carbocycles. The lowest BCUT2D eigenvalue weighted by Crippen LogP contribution is -2.40. The van der Waals surface area contributed by atoms with Crippen molar-refractivity contribution in [3.05, 3.63) is 28.5 Å². The maximum absolute atomic E-state index is 13.0. The Bertz CT molecular complexity index is 831. The van der Waals surface area contributed by atoms with Crippen molar-refractivity contribution in [2.45, 2.75) is 25.3 Å². The van der Waals surface area contributed by atoms with Crippen LogP contribution < -0.4 is 15.2 Å². The lowest BCUT2D eigenvalue weighted by Gasteiger charge is -2.32. The fraction of sp³-hybridized carbons (Fsp3) is 0.471. The number of imidazole rings is 1. The molecule has 2 N–H and O–H groups in total. The van der Waals surface area contributed by atoms with Crippen LogP contribution >= 0.6 is 11.3 Å². The smallest absolute Gasteiger partial charge is 0.267 e. The third-order valence-electron chi connectivity index (χ3n) is 4.64. The van der Waals surface area contributed by atoms with Crippen molar-refractivity contribution in [2.75, 3.05) is 26.3 Å². The van der Waals surface area contributed by atoms with E-state index in [9.17, 15) is 9.59 Å². The number of fused-ring (bicyclic) bond motifs is 1. The summed E-state index contributed by atoms with van der Waals surface area (Å²) in [5.41, 5.74) is 5.31. The summed E-state index contributed by atoms with van der Waals surface area (Å²) in [5.74, 6) is 1.64. The second-order valence-corrected chi connectivity index (χ2v) is 7.30. The second-order valence-electron chi connectivity index (χ2n) is 6.43. The van der Waals surface area contributed by atoms with Gasteiger partial charge in [0.05, 0.1) is 0 Å². The fourth-order valence-corrected chi connectivity index (χ4v) is 4.41. The molecule has 9 heteroatoms. The van der Waals surface area contributed by atoms with E-state index in [1.54, 1.807) is 17.0 Å². The Labute approximate surface area is 154 Å². The van der Waals surface area contributed by atoms with E-state index >= 15 is 0 Å². The third-order valence-corrected chi connectivity index (χ3v) is 5.57. The first-order valence-corrected chi connectivity index (χ1v) is 9.47. The zero-order chi connectivity index (χ0) is 18.1. The van der Waals surface area contributed by atoms with E-state index < -0.39 is 5.91 Å². The van der Waals surface area contributed by atoms with Gasteiger partial charge >= 0.3 is 0 Å². The van der Waals surface area contributed by atoms with Gasteiger partial charge in [0.15, 0.2) is 11.5 Å². The van der Waals surface area contributed by atoms with Crippen LogP contribution in [0.2, 0.25) is 0 Å². The summed E-state index contributed by atoms with van der Waals surface area (Å²) in [5, 5.41) is 1.82. The molecule has 2 aromatic heterocycles. The summed E-state index contributed by atoms with van der Waals surface area (Å²) in [7, 11) is 0. The zero-order valence-electron chi connectivity index (χ0n) is 14.2. The van der Waals surface area contributed by atoms with Crippen LogP contribution in [-0.4, -0.2) is 52.6 Å². The van der Waals surface area contributed by atoms with Gasteiger partial charge in [-0.2, -0.15) is 0 Å². The van der Waals surface area contributed by atoms with Gasteiger partial charge in [-0.05, 0) is 12.8 Å². The van der Waals surface area contributed by atoms with Gasteiger partial charge < -0.3 is 24.7 Å². The molecule has 0 aliphatic carbocycles. The lowest BCUT2D eigenvalue weighted by molar-refractivity contribution is -0.118. The quantitative estimate of drug-likeness (QED) is 0.865. The van der Waals surface area contributed by atoms with Gasteiger partial charge in [-0.1, -0.05) is 0 Å². The largest absolute Gasteiger partial charge is 0.485 e. The normalized spacial score (nSPS) is 19.4. The van der Waals surface area contributed by atoms with E-state index in [4.69, 9.17) is 15.2 Å². The Morgan fingerprint density at radius 3 is 3.04 bits per heavy atom. The van der Waals surface area contributed by atoms with Crippen LogP contribution in [0.25, 0.3) is 0 Å². The maximum Gasteiger partial charge on any atom is 0.267 e. The number of ether oxygens (including phenoxy) is 2. The van der Waals surface area contributed by atoms with Crippen LogP contribution in [0.5, 0.6) is 11.5 Å². The predicted octanol–water partition coefficient (Wildman–Crippen LogP) is 1.22. The lowest BCUT2D eigenvalue weighted by atomic mass is 9.97. The summed E-state index contributed by atoms with van der Waals surface area (Å²) >= 11 is 1.35. The van der Waals surface area contributed by atoms with Crippen molar-refractivity contribution in [1.82, 2.24) is 14.5 Å². The van der Waals surface area contributed by atoms with Crippen LogP contribution in [0.1, 0.15) is 34.3 Å². The Morgan fingerprint density at radius 1 is 1.35 bits per heavy atom. The first-order chi connectivity index (χ1) is 12.6. The number of hydrogen-bond acceptors (Lipinski definition) is 6. The Morgan fingerprint density at radius 2 is 2.19 bits per heavy atom. The minimum atomic E-state index is -0.407. The summed E-state index contributed by atoms with van der Waals surface area (Å²) in [6.45, 7) is 2.31. The first-order valence-electron chi connectivity index (χ1n) is 8.59. The summed E-state index contributed by atoms with van der Waals surface area (Å²) in [6.07, 6.45) is 5.22. The maximum atomic E-state index is 13.0. The highest BCUT2D eigenvalue weighted by Crippen LogP contribution is 2.40. The van der Waals surface area contributed by atoms with E-state index in [0.29, 0.717) is 42.7 Å². The molecule has 2 aromatic rings. The molecular weight excluding hydrogens is 356 g/mol. The van der Waals surface area contributed by atoms with E-state index in [2.05, 4.69) is 4.98 Å². The predicted molar refractivity (Wildman–Crippen MR) is 94.6 cm³/mol. The summed E-state index contributed by atoms with van der Waals surface area (Å²) in [6, 6.07) is 0. The number of nitrogens with two attached hydrogens (primary N) is 1. The van der Waals surface area contributed by atoms with Crippen molar-refractivity contribution < 1.29 is 19.1 Å². The number of carbonyl (C=O) groups is 2. The van der Waals surface area contributed by atoms with E-state index in [-0.39, 0.29) is 18.4 Å². The number of hydrogen-bond donors (Lipinski definition) is 1. The molecule has 1 atom stereocenters. The molecule has 2 amide bonds. The molecule has 4 rings (SSSR count). The molecule has 1 fully saturated rings. The van der Waals surface area contributed by atoms with Crippen molar-refractivity contribution in [2.24, 2.45) is 5.73 Å². The van der Waals surface area contributed by atoms with Crippen LogP contribution in [0.4, 0.5) is 0 Å². The van der Waals surface area contributed by atoms with Crippen LogP contribution in [0.3, 0.4) is 0 Å². The number of thiophene rings is 1. The molecule has 0 spiro atoms. The highest BCUT2D eigenvalue weighted by Gasteiger charge is 2.32. The monoisotopic (exact) mass is 376 g/mol. The van der Waals surface area contributed by atoms with Gasteiger partial charge in [0.25, 0.3) is 5.91 Å². The molecule has 2 aliphatic rings. The van der Waals surface area contributed by atoms with Gasteiger partial charge in [0.1, 0.15) is 30.5 Å². The fourth-order valence-electron chi connectivity index (χ4n) is 3.51. The van der Waals surface area contributed by atoms with Gasteiger partial charge in [-0.3, -0.25) is 9.59 Å². The number of amides is 2. The van der Waals surface area contributed by atoms with Crippen molar-refractivity contribution >= 4 is 23.2 Å². The Balaban J connectivity index is 1.52. The number of carbonyl (C=O) groups excluding carboxylic acids is 2. The van der Waals surface area contributed by atoms with Gasteiger partial charge in [-0.15, -0.1) is 11.3 Å². The van der Waals surface area contributed by atoms with E-state index in [1.807, 2.05) is 10.3 Å². The third kappa shape index (κ3) is 3.14. The summed E-state index contributed by atoms with van der Waals surface area (Å²) in [4.78, 5) is 31.1. The summed E-state index contributed by atoms with van der Waals surface area (Å²) < 4.78 is 12.9. The van der Waals surface area contributed by atoms with E-state index in [0.717, 1.165) is 18.7 Å². The highest BCUT2D eigenvalue weighted by atomic mass is 32.1. The molecule has 8 nitrogen and oxygen atoms in total. The molecule has 26 heavy (non-hydrogen) atoms.